The lowest BCUT2D eigenvalue weighted by Crippen LogP contribution is -2.37. The van der Waals surface area contributed by atoms with Crippen LogP contribution in [0.2, 0.25) is 0 Å². The number of halogens is 2. The summed E-state index contributed by atoms with van der Waals surface area (Å²) >= 11 is 3.03. The van der Waals surface area contributed by atoms with E-state index >= 15 is 0 Å². The van der Waals surface area contributed by atoms with Crippen LogP contribution in [0.3, 0.4) is 0 Å². The van der Waals surface area contributed by atoms with E-state index in [4.69, 9.17) is 5.11 Å². The Kier molecular flexibility index (Phi) is 5.29. The lowest BCUT2D eigenvalue weighted by Gasteiger charge is -2.14. The van der Waals surface area contributed by atoms with Gasteiger partial charge in [0.2, 0.25) is 0 Å². The summed E-state index contributed by atoms with van der Waals surface area (Å²) in [6.07, 6.45) is -0.167. The molecular weight excluding hydrogens is 319 g/mol. The van der Waals surface area contributed by atoms with Crippen molar-refractivity contribution < 1.29 is 19.1 Å². The van der Waals surface area contributed by atoms with Crippen molar-refractivity contribution in [3.8, 4) is 0 Å². The van der Waals surface area contributed by atoms with E-state index in [0.29, 0.717) is 11.3 Å². The minimum atomic E-state index is -0.992. The summed E-state index contributed by atoms with van der Waals surface area (Å²) in [6.45, 7) is 3.24. The van der Waals surface area contributed by atoms with Crippen LogP contribution >= 0.6 is 15.9 Å². The average molecular weight is 333 g/mol. The van der Waals surface area contributed by atoms with E-state index in [2.05, 4.69) is 26.6 Å². The van der Waals surface area contributed by atoms with Gasteiger partial charge < -0.3 is 15.7 Å². The van der Waals surface area contributed by atoms with Gasteiger partial charge in [-0.1, -0.05) is 0 Å². The SMILES string of the molecule is Cc1cc(F)c(Br)cc1NC(=O)NC(C)CC(=O)O. The minimum Gasteiger partial charge on any atom is -0.481 e. The van der Waals surface area contributed by atoms with Crippen LogP contribution in [0.1, 0.15) is 18.9 Å². The third-order valence-electron chi connectivity index (χ3n) is 2.37. The lowest BCUT2D eigenvalue weighted by molar-refractivity contribution is -0.137. The van der Waals surface area contributed by atoms with Crippen molar-refractivity contribution in [2.45, 2.75) is 26.3 Å². The molecule has 0 saturated heterocycles. The van der Waals surface area contributed by atoms with E-state index in [9.17, 15) is 14.0 Å². The highest BCUT2D eigenvalue weighted by atomic mass is 79.9. The van der Waals surface area contributed by atoms with Gasteiger partial charge in [0, 0.05) is 11.7 Å². The number of hydrogen-bond acceptors (Lipinski definition) is 2. The predicted octanol–water partition coefficient (Wildman–Crippen LogP) is 2.88. The molecule has 0 aliphatic rings. The van der Waals surface area contributed by atoms with Crippen molar-refractivity contribution in [1.29, 1.82) is 0 Å². The van der Waals surface area contributed by atoms with Gasteiger partial charge in [-0.2, -0.15) is 0 Å². The van der Waals surface area contributed by atoms with Gasteiger partial charge in [0.1, 0.15) is 5.82 Å². The second-order valence-corrected chi connectivity index (χ2v) is 5.03. The van der Waals surface area contributed by atoms with Crippen molar-refractivity contribution in [3.63, 3.8) is 0 Å². The summed E-state index contributed by atoms with van der Waals surface area (Å²) < 4.78 is 13.5. The summed E-state index contributed by atoms with van der Waals surface area (Å²) in [5.74, 6) is -1.41. The molecule has 0 aliphatic heterocycles. The third kappa shape index (κ3) is 4.86. The van der Waals surface area contributed by atoms with E-state index in [0.717, 1.165) is 0 Å². The molecule has 1 rings (SSSR count). The number of carboxylic acid groups (broad SMARTS) is 1. The van der Waals surface area contributed by atoms with Crippen LogP contribution in [0.5, 0.6) is 0 Å². The lowest BCUT2D eigenvalue weighted by atomic mass is 10.2. The van der Waals surface area contributed by atoms with Crippen molar-refractivity contribution in [2.24, 2.45) is 0 Å². The molecule has 0 bridgehead atoms. The molecule has 5 nitrogen and oxygen atoms in total. The Hall–Kier alpha value is -1.63. The molecule has 0 spiro atoms. The van der Waals surface area contributed by atoms with Crippen LogP contribution in [0.25, 0.3) is 0 Å². The largest absolute Gasteiger partial charge is 0.481 e. The maximum atomic E-state index is 13.2. The Morgan fingerprint density at radius 1 is 1.47 bits per heavy atom. The number of amides is 2. The van der Waals surface area contributed by atoms with Crippen molar-refractivity contribution in [1.82, 2.24) is 5.32 Å². The molecule has 2 amide bonds. The van der Waals surface area contributed by atoms with E-state index in [1.54, 1.807) is 13.8 Å². The zero-order valence-electron chi connectivity index (χ0n) is 10.5. The van der Waals surface area contributed by atoms with E-state index < -0.39 is 23.9 Å². The van der Waals surface area contributed by atoms with Gasteiger partial charge in [0.05, 0.1) is 10.9 Å². The number of benzene rings is 1. The second-order valence-electron chi connectivity index (χ2n) is 4.18. The van der Waals surface area contributed by atoms with Crippen LogP contribution in [0.4, 0.5) is 14.9 Å². The molecule has 0 fully saturated rings. The van der Waals surface area contributed by atoms with Gasteiger partial charge >= 0.3 is 12.0 Å². The molecule has 0 aliphatic carbocycles. The number of carbonyl (C=O) groups is 2. The number of carbonyl (C=O) groups excluding carboxylic acids is 1. The highest BCUT2D eigenvalue weighted by Crippen LogP contribution is 2.24. The van der Waals surface area contributed by atoms with Gasteiger partial charge in [-0.15, -0.1) is 0 Å². The van der Waals surface area contributed by atoms with Crippen LogP contribution in [0.15, 0.2) is 16.6 Å². The summed E-state index contributed by atoms with van der Waals surface area (Å²) in [5.41, 5.74) is 1.02. The number of nitrogens with one attached hydrogen (secondary N) is 2. The average Bonchev–Trinajstić information content (AvgIpc) is 2.24. The number of aryl methyl sites for hydroxylation is 1. The zero-order valence-corrected chi connectivity index (χ0v) is 12.0. The van der Waals surface area contributed by atoms with Gasteiger partial charge in [0.25, 0.3) is 0 Å². The van der Waals surface area contributed by atoms with Crippen molar-refractivity contribution in [3.05, 3.63) is 28.0 Å². The van der Waals surface area contributed by atoms with Gasteiger partial charge in [0.15, 0.2) is 0 Å². The predicted molar refractivity (Wildman–Crippen MR) is 72.7 cm³/mol. The molecule has 7 heteroatoms. The molecule has 0 heterocycles. The molecule has 1 atom stereocenters. The summed E-state index contributed by atoms with van der Waals surface area (Å²) in [5, 5.41) is 13.6. The molecule has 19 heavy (non-hydrogen) atoms. The normalized spacial score (nSPS) is 11.8. The molecule has 0 radical (unpaired) electrons. The number of carboxylic acids is 1. The molecule has 0 aromatic heterocycles. The summed E-state index contributed by atoms with van der Waals surface area (Å²) in [4.78, 5) is 22.1. The molecule has 3 N–H and O–H groups in total. The Labute approximate surface area is 118 Å². The maximum absolute atomic E-state index is 13.2. The van der Waals surface area contributed by atoms with Crippen LogP contribution in [0, 0.1) is 12.7 Å². The first-order chi connectivity index (χ1) is 8.79. The maximum Gasteiger partial charge on any atom is 0.319 e. The van der Waals surface area contributed by atoms with Crippen molar-refractivity contribution in [2.75, 3.05) is 5.32 Å². The molecule has 1 unspecified atom stereocenters. The van der Waals surface area contributed by atoms with Crippen molar-refractivity contribution >= 4 is 33.6 Å². The first kappa shape index (κ1) is 15.4. The zero-order chi connectivity index (χ0) is 14.6. The fraction of sp³-hybridized carbons (Fsp3) is 0.333. The topological polar surface area (TPSA) is 78.4 Å². The first-order valence-electron chi connectivity index (χ1n) is 5.54. The Balaban J connectivity index is 2.67. The fourth-order valence-corrected chi connectivity index (χ4v) is 1.82. The number of aliphatic carboxylic acids is 1. The van der Waals surface area contributed by atoms with Gasteiger partial charge in [-0.3, -0.25) is 4.79 Å². The number of rotatable bonds is 4. The number of hydrogen-bond donors (Lipinski definition) is 3. The highest BCUT2D eigenvalue weighted by Gasteiger charge is 2.12. The summed E-state index contributed by atoms with van der Waals surface area (Å²) in [7, 11) is 0. The van der Waals surface area contributed by atoms with E-state index in [-0.39, 0.29) is 10.9 Å². The Morgan fingerprint density at radius 3 is 2.68 bits per heavy atom. The number of urea groups is 1. The van der Waals surface area contributed by atoms with Crippen LogP contribution in [-0.4, -0.2) is 23.1 Å². The molecule has 1 aromatic carbocycles. The van der Waals surface area contributed by atoms with E-state index in [1.807, 2.05) is 0 Å². The van der Waals surface area contributed by atoms with E-state index in [1.165, 1.54) is 12.1 Å². The Morgan fingerprint density at radius 2 is 2.11 bits per heavy atom. The smallest absolute Gasteiger partial charge is 0.319 e. The molecule has 0 saturated carbocycles. The standard InChI is InChI=1S/C12H14BrFN2O3/c1-6-3-9(14)8(13)5-10(6)16-12(19)15-7(2)4-11(17)18/h3,5,7H,4H2,1-2H3,(H,17,18)(H2,15,16,19). The highest BCUT2D eigenvalue weighted by molar-refractivity contribution is 9.10. The molecule has 104 valence electrons. The summed E-state index contributed by atoms with van der Waals surface area (Å²) in [6, 6.07) is 1.71. The van der Waals surface area contributed by atoms with Crippen LogP contribution < -0.4 is 10.6 Å². The van der Waals surface area contributed by atoms with Gasteiger partial charge in [-0.05, 0) is 47.5 Å². The fourth-order valence-electron chi connectivity index (χ4n) is 1.48. The minimum absolute atomic E-state index is 0.167. The first-order valence-corrected chi connectivity index (χ1v) is 6.34. The Bertz CT molecular complexity index is 508. The third-order valence-corrected chi connectivity index (χ3v) is 2.98. The van der Waals surface area contributed by atoms with Gasteiger partial charge in [-0.25, -0.2) is 9.18 Å². The number of anilines is 1. The van der Waals surface area contributed by atoms with Crippen LogP contribution in [-0.2, 0) is 4.79 Å². The molecule has 1 aromatic rings. The molecular formula is C12H14BrFN2O3. The monoisotopic (exact) mass is 332 g/mol. The quantitative estimate of drug-likeness (QED) is 0.793. The second kappa shape index (κ2) is 6.51.